The van der Waals surface area contributed by atoms with E-state index in [9.17, 15) is 4.79 Å². The van der Waals surface area contributed by atoms with E-state index in [1.165, 1.54) is 5.56 Å². The molecule has 0 spiro atoms. The standard InChI is InChI=1S/C11H17NO2/c1-11(2,10(13)14)6-4-9-5-7-12(3)8-9/h5,7-8H,4,6H2,1-3H3,(H,13,14). The summed E-state index contributed by atoms with van der Waals surface area (Å²) in [6, 6.07) is 2.03. The first-order valence-electron chi connectivity index (χ1n) is 4.76. The third-order valence-corrected chi connectivity index (χ3v) is 2.51. The van der Waals surface area contributed by atoms with E-state index in [1.54, 1.807) is 13.8 Å². The van der Waals surface area contributed by atoms with E-state index >= 15 is 0 Å². The summed E-state index contributed by atoms with van der Waals surface area (Å²) < 4.78 is 1.98. The minimum absolute atomic E-state index is 0.629. The van der Waals surface area contributed by atoms with Crippen LogP contribution in [-0.4, -0.2) is 15.6 Å². The van der Waals surface area contributed by atoms with Gasteiger partial charge in [0.2, 0.25) is 0 Å². The van der Waals surface area contributed by atoms with Gasteiger partial charge in [0.15, 0.2) is 0 Å². The molecule has 0 amide bonds. The fourth-order valence-corrected chi connectivity index (χ4v) is 1.27. The first-order valence-corrected chi connectivity index (χ1v) is 4.76. The maximum absolute atomic E-state index is 10.8. The summed E-state index contributed by atoms with van der Waals surface area (Å²) in [6.45, 7) is 3.52. The molecule has 0 saturated heterocycles. The van der Waals surface area contributed by atoms with Crippen molar-refractivity contribution in [2.45, 2.75) is 26.7 Å². The van der Waals surface area contributed by atoms with Crippen molar-refractivity contribution < 1.29 is 9.90 Å². The van der Waals surface area contributed by atoms with Gasteiger partial charge in [0, 0.05) is 19.4 Å². The molecule has 0 fully saturated rings. The van der Waals surface area contributed by atoms with Crippen molar-refractivity contribution in [2.75, 3.05) is 0 Å². The normalized spacial score (nSPS) is 11.6. The summed E-state index contributed by atoms with van der Waals surface area (Å²) in [7, 11) is 1.96. The Bertz CT molecular complexity index is 326. The van der Waals surface area contributed by atoms with Gasteiger partial charge in [0.05, 0.1) is 5.41 Å². The van der Waals surface area contributed by atoms with Gasteiger partial charge in [-0.25, -0.2) is 0 Å². The molecule has 0 atom stereocenters. The van der Waals surface area contributed by atoms with Crippen LogP contribution in [0.2, 0.25) is 0 Å². The first kappa shape index (κ1) is 10.8. The number of hydrogen-bond donors (Lipinski definition) is 1. The zero-order valence-electron chi connectivity index (χ0n) is 8.95. The van der Waals surface area contributed by atoms with Crippen molar-refractivity contribution in [2.24, 2.45) is 12.5 Å². The molecule has 0 aromatic carbocycles. The Morgan fingerprint density at radius 2 is 2.21 bits per heavy atom. The van der Waals surface area contributed by atoms with Crippen molar-refractivity contribution in [3.8, 4) is 0 Å². The number of nitrogens with zero attached hydrogens (tertiary/aromatic N) is 1. The van der Waals surface area contributed by atoms with E-state index in [0.717, 1.165) is 6.42 Å². The van der Waals surface area contributed by atoms with Crippen molar-refractivity contribution in [3.05, 3.63) is 24.0 Å². The van der Waals surface area contributed by atoms with Crippen molar-refractivity contribution in [1.82, 2.24) is 4.57 Å². The summed E-state index contributed by atoms with van der Waals surface area (Å²) in [4.78, 5) is 10.8. The number of carboxylic acids is 1. The zero-order chi connectivity index (χ0) is 10.8. The Morgan fingerprint density at radius 3 is 2.64 bits per heavy atom. The topological polar surface area (TPSA) is 42.2 Å². The predicted molar refractivity (Wildman–Crippen MR) is 55.2 cm³/mol. The highest BCUT2D eigenvalue weighted by molar-refractivity contribution is 5.73. The van der Waals surface area contributed by atoms with Crippen LogP contribution in [-0.2, 0) is 18.3 Å². The van der Waals surface area contributed by atoms with Gasteiger partial charge in [-0.1, -0.05) is 0 Å². The second-order valence-corrected chi connectivity index (χ2v) is 4.37. The van der Waals surface area contributed by atoms with E-state index < -0.39 is 11.4 Å². The number of aromatic nitrogens is 1. The van der Waals surface area contributed by atoms with Gasteiger partial charge in [0.25, 0.3) is 0 Å². The Balaban J connectivity index is 2.52. The van der Waals surface area contributed by atoms with Gasteiger partial charge >= 0.3 is 5.97 Å². The molecule has 1 rings (SSSR count). The molecule has 14 heavy (non-hydrogen) atoms. The van der Waals surface area contributed by atoms with Crippen LogP contribution in [0, 0.1) is 5.41 Å². The summed E-state index contributed by atoms with van der Waals surface area (Å²) in [5, 5.41) is 8.92. The lowest BCUT2D eigenvalue weighted by atomic mass is 9.87. The largest absolute Gasteiger partial charge is 0.481 e. The molecule has 0 saturated carbocycles. The average molecular weight is 195 g/mol. The lowest BCUT2D eigenvalue weighted by Gasteiger charge is -2.18. The lowest BCUT2D eigenvalue weighted by Crippen LogP contribution is -2.24. The van der Waals surface area contributed by atoms with Crippen LogP contribution in [0.5, 0.6) is 0 Å². The number of carbonyl (C=O) groups is 1. The summed E-state index contributed by atoms with van der Waals surface area (Å²) in [5.74, 6) is -0.728. The zero-order valence-corrected chi connectivity index (χ0v) is 8.95. The van der Waals surface area contributed by atoms with E-state index in [0.29, 0.717) is 6.42 Å². The fourth-order valence-electron chi connectivity index (χ4n) is 1.27. The summed E-state index contributed by atoms with van der Waals surface area (Å²) in [5.41, 5.74) is 0.567. The second-order valence-electron chi connectivity index (χ2n) is 4.37. The van der Waals surface area contributed by atoms with Crippen LogP contribution in [0.25, 0.3) is 0 Å². The van der Waals surface area contributed by atoms with Gasteiger partial charge < -0.3 is 9.67 Å². The fraction of sp³-hybridized carbons (Fsp3) is 0.545. The molecule has 3 nitrogen and oxygen atoms in total. The van der Waals surface area contributed by atoms with Crippen LogP contribution in [0.15, 0.2) is 18.5 Å². The first-order chi connectivity index (χ1) is 6.42. The molecule has 3 heteroatoms. The molecule has 1 aromatic heterocycles. The highest BCUT2D eigenvalue weighted by atomic mass is 16.4. The molecule has 0 aliphatic rings. The van der Waals surface area contributed by atoms with Crippen LogP contribution in [0.4, 0.5) is 0 Å². The quantitative estimate of drug-likeness (QED) is 0.799. The highest BCUT2D eigenvalue weighted by Gasteiger charge is 2.26. The summed E-state index contributed by atoms with van der Waals surface area (Å²) in [6.07, 6.45) is 5.49. The van der Waals surface area contributed by atoms with Gasteiger partial charge in [-0.2, -0.15) is 0 Å². The monoisotopic (exact) mass is 195 g/mol. The molecule has 1 heterocycles. The molecule has 0 radical (unpaired) electrons. The van der Waals surface area contributed by atoms with Gasteiger partial charge in [-0.3, -0.25) is 4.79 Å². The Kier molecular flexibility index (Phi) is 2.99. The molecule has 0 aliphatic carbocycles. The smallest absolute Gasteiger partial charge is 0.309 e. The van der Waals surface area contributed by atoms with Gasteiger partial charge in [0.1, 0.15) is 0 Å². The van der Waals surface area contributed by atoms with Crippen molar-refractivity contribution in [3.63, 3.8) is 0 Å². The van der Waals surface area contributed by atoms with Crippen LogP contribution in [0.3, 0.4) is 0 Å². The maximum Gasteiger partial charge on any atom is 0.309 e. The second kappa shape index (κ2) is 3.86. The van der Waals surface area contributed by atoms with E-state index in [4.69, 9.17) is 5.11 Å². The molecular formula is C11H17NO2. The Morgan fingerprint density at radius 1 is 1.57 bits per heavy atom. The molecule has 0 aliphatic heterocycles. The molecule has 78 valence electrons. The van der Waals surface area contributed by atoms with Crippen LogP contribution >= 0.6 is 0 Å². The van der Waals surface area contributed by atoms with E-state index in [1.807, 2.05) is 30.1 Å². The summed E-state index contributed by atoms with van der Waals surface area (Å²) >= 11 is 0. The SMILES string of the molecule is Cn1ccc(CCC(C)(C)C(=O)O)c1. The average Bonchev–Trinajstić information content (AvgIpc) is 2.48. The van der Waals surface area contributed by atoms with Crippen LogP contribution < -0.4 is 0 Å². The van der Waals surface area contributed by atoms with Crippen LogP contribution in [0.1, 0.15) is 25.8 Å². The Hall–Kier alpha value is -1.25. The number of aliphatic carboxylic acids is 1. The molecule has 1 N–H and O–H groups in total. The van der Waals surface area contributed by atoms with Gasteiger partial charge in [-0.05, 0) is 38.3 Å². The third-order valence-electron chi connectivity index (χ3n) is 2.51. The van der Waals surface area contributed by atoms with Crippen molar-refractivity contribution >= 4 is 5.97 Å². The number of rotatable bonds is 4. The Labute approximate surface area is 84.4 Å². The third kappa shape index (κ3) is 2.62. The predicted octanol–water partition coefficient (Wildman–Crippen LogP) is 2.07. The number of hydrogen-bond acceptors (Lipinski definition) is 1. The van der Waals surface area contributed by atoms with E-state index in [2.05, 4.69) is 0 Å². The molecule has 1 aromatic rings. The maximum atomic E-state index is 10.8. The minimum Gasteiger partial charge on any atom is -0.481 e. The molecule has 0 unspecified atom stereocenters. The lowest BCUT2D eigenvalue weighted by molar-refractivity contribution is -0.147. The number of aryl methyl sites for hydroxylation is 2. The minimum atomic E-state index is -0.728. The molecule has 0 bridgehead atoms. The highest BCUT2D eigenvalue weighted by Crippen LogP contribution is 2.22. The van der Waals surface area contributed by atoms with Gasteiger partial charge in [-0.15, -0.1) is 0 Å². The van der Waals surface area contributed by atoms with Crippen molar-refractivity contribution in [1.29, 1.82) is 0 Å². The number of carboxylic acid groups (broad SMARTS) is 1. The van der Waals surface area contributed by atoms with E-state index in [-0.39, 0.29) is 0 Å². The molecular weight excluding hydrogens is 178 g/mol.